The highest BCUT2D eigenvalue weighted by Gasteiger charge is 2.13. The van der Waals surface area contributed by atoms with Crippen LogP contribution >= 0.6 is 0 Å². The Kier molecular flexibility index (Phi) is 5.97. The van der Waals surface area contributed by atoms with Crippen molar-refractivity contribution in [3.8, 4) is 0 Å². The van der Waals surface area contributed by atoms with Gasteiger partial charge in [-0.3, -0.25) is 4.79 Å². The molecule has 0 aliphatic carbocycles. The first kappa shape index (κ1) is 18.0. The highest BCUT2D eigenvalue weighted by atomic mass is 16.1. The van der Waals surface area contributed by atoms with Crippen molar-refractivity contribution in [1.82, 2.24) is 0 Å². The molecule has 0 radical (unpaired) electrons. The minimum absolute atomic E-state index is 0.0809. The molecule has 0 bridgehead atoms. The van der Waals surface area contributed by atoms with Gasteiger partial charge < -0.3 is 5.32 Å². The van der Waals surface area contributed by atoms with Crippen LogP contribution in [0.3, 0.4) is 0 Å². The molecule has 0 atom stereocenters. The number of benzene rings is 2. The van der Waals surface area contributed by atoms with Crippen LogP contribution in [-0.4, -0.2) is 5.91 Å². The molecule has 2 rings (SSSR count). The monoisotopic (exact) mass is 321 g/mol. The second-order valence-electron chi connectivity index (χ2n) is 7.09. The lowest BCUT2D eigenvalue weighted by Gasteiger charge is -2.19. The van der Waals surface area contributed by atoms with E-state index in [9.17, 15) is 4.79 Å². The first-order chi connectivity index (χ1) is 11.4. The number of amides is 1. The zero-order chi connectivity index (χ0) is 17.6. The number of anilines is 1. The lowest BCUT2D eigenvalue weighted by Crippen LogP contribution is -2.13. The van der Waals surface area contributed by atoms with Crippen LogP contribution < -0.4 is 5.32 Å². The fourth-order valence-corrected chi connectivity index (χ4v) is 2.39. The molecule has 2 heteroatoms. The third kappa shape index (κ3) is 5.09. The zero-order valence-electron chi connectivity index (χ0n) is 15.1. The fraction of sp³-hybridized carbons (Fsp3) is 0.318. The molecule has 0 aliphatic heterocycles. The number of carbonyl (C=O) groups is 1. The summed E-state index contributed by atoms with van der Waals surface area (Å²) < 4.78 is 0. The van der Waals surface area contributed by atoms with Crippen LogP contribution in [0.4, 0.5) is 5.69 Å². The molecule has 1 amide bonds. The van der Waals surface area contributed by atoms with Gasteiger partial charge in [0.1, 0.15) is 0 Å². The molecule has 0 saturated heterocycles. The van der Waals surface area contributed by atoms with E-state index in [2.05, 4.69) is 57.3 Å². The van der Waals surface area contributed by atoms with Crippen LogP contribution in [0.25, 0.3) is 6.08 Å². The number of rotatable bonds is 5. The Morgan fingerprint density at radius 3 is 2.17 bits per heavy atom. The van der Waals surface area contributed by atoms with Gasteiger partial charge in [-0.15, -0.1) is 0 Å². The maximum absolute atomic E-state index is 12.3. The Morgan fingerprint density at radius 1 is 1.00 bits per heavy atom. The van der Waals surface area contributed by atoms with Gasteiger partial charge in [-0.1, -0.05) is 70.5 Å². The van der Waals surface area contributed by atoms with E-state index in [1.54, 1.807) is 0 Å². The first-order valence-electron chi connectivity index (χ1n) is 8.58. The van der Waals surface area contributed by atoms with Crippen molar-refractivity contribution >= 4 is 17.7 Å². The van der Waals surface area contributed by atoms with E-state index < -0.39 is 0 Å². The molecule has 2 aromatic rings. The van der Waals surface area contributed by atoms with E-state index in [1.165, 1.54) is 5.56 Å². The quantitative estimate of drug-likeness (QED) is 0.713. The number of carbonyl (C=O) groups excluding carboxylic acids is 1. The summed E-state index contributed by atoms with van der Waals surface area (Å²) in [5.74, 6) is -0.0809. The van der Waals surface area contributed by atoms with Gasteiger partial charge in [0.05, 0.1) is 0 Å². The van der Waals surface area contributed by atoms with E-state index in [1.807, 2.05) is 36.4 Å². The molecule has 0 saturated carbocycles. The van der Waals surface area contributed by atoms with Crippen molar-refractivity contribution in [2.75, 3.05) is 5.32 Å². The average molecular weight is 321 g/mol. The summed E-state index contributed by atoms with van der Waals surface area (Å²) in [7, 11) is 0. The van der Waals surface area contributed by atoms with Crippen molar-refractivity contribution < 1.29 is 4.79 Å². The predicted molar refractivity (Wildman–Crippen MR) is 103 cm³/mol. The molecule has 0 heterocycles. The van der Waals surface area contributed by atoms with E-state index in [0.717, 1.165) is 24.1 Å². The van der Waals surface area contributed by atoms with Gasteiger partial charge >= 0.3 is 0 Å². The van der Waals surface area contributed by atoms with Gasteiger partial charge in [-0.25, -0.2) is 0 Å². The first-order valence-corrected chi connectivity index (χ1v) is 8.58. The van der Waals surface area contributed by atoms with Crippen molar-refractivity contribution in [2.24, 2.45) is 0 Å². The normalized spacial score (nSPS) is 11.7. The lowest BCUT2D eigenvalue weighted by atomic mass is 9.87. The highest BCUT2D eigenvalue weighted by Crippen LogP contribution is 2.23. The Balaban J connectivity index is 2.01. The SMILES string of the molecule is CCC/C=C/c1ccc(C(=O)Nc2ccc(C(C)(C)C)cc2)cc1. The third-order valence-electron chi connectivity index (χ3n) is 3.95. The highest BCUT2D eigenvalue weighted by molar-refractivity contribution is 6.04. The summed E-state index contributed by atoms with van der Waals surface area (Å²) in [4.78, 5) is 12.3. The van der Waals surface area contributed by atoms with Gasteiger partial charge in [-0.05, 0) is 47.2 Å². The Labute approximate surface area is 145 Å². The van der Waals surface area contributed by atoms with E-state index in [-0.39, 0.29) is 11.3 Å². The number of unbranched alkanes of at least 4 members (excludes halogenated alkanes) is 1. The van der Waals surface area contributed by atoms with Gasteiger partial charge in [0, 0.05) is 11.3 Å². The van der Waals surface area contributed by atoms with E-state index in [0.29, 0.717) is 5.56 Å². The zero-order valence-corrected chi connectivity index (χ0v) is 15.1. The summed E-state index contributed by atoms with van der Waals surface area (Å²) >= 11 is 0. The van der Waals surface area contributed by atoms with Crippen LogP contribution in [0.5, 0.6) is 0 Å². The molecule has 24 heavy (non-hydrogen) atoms. The molecule has 0 spiro atoms. The predicted octanol–water partition coefficient (Wildman–Crippen LogP) is 6.05. The molecular formula is C22H27NO. The second-order valence-corrected chi connectivity index (χ2v) is 7.09. The largest absolute Gasteiger partial charge is 0.322 e. The van der Waals surface area contributed by atoms with Crippen LogP contribution in [0.15, 0.2) is 54.6 Å². The molecule has 0 aromatic heterocycles. The minimum atomic E-state index is -0.0809. The maximum atomic E-state index is 12.3. The topological polar surface area (TPSA) is 29.1 Å². The van der Waals surface area contributed by atoms with Crippen molar-refractivity contribution in [3.63, 3.8) is 0 Å². The number of hydrogen-bond donors (Lipinski definition) is 1. The van der Waals surface area contributed by atoms with E-state index >= 15 is 0 Å². The smallest absolute Gasteiger partial charge is 0.255 e. The van der Waals surface area contributed by atoms with Crippen molar-refractivity contribution in [2.45, 2.75) is 46.0 Å². The summed E-state index contributed by atoms with van der Waals surface area (Å²) in [5.41, 5.74) is 3.98. The fourth-order valence-electron chi connectivity index (χ4n) is 2.39. The maximum Gasteiger partial charge on any atom is 0.255 e. The van der Waals surface area contributed by atoms with Crippen molar-refractivity contribution in [3.05, 3.63) is 71.3 Å². The van der Waals surface area contributed by atoms with Gasteiger partial charge in [-0.2, -0.15) is 0 Å². The molecule has 2 aromatic carbocycles. The number of allylic oxidation sites excluding steroid dienone is 1. The van der Waals surface area contributed by atoms with Gasteiger partial charge in [0.15, 0.2) is 0 Å². The molecule has 0 fully saturated rings. The van der Waals surface area contributed by atoms with Crippen LogP contribution in [0, 0.1) is 0 Å². The standard InChI is InChI=1S/C22H27NO/c1-5-6-7-8-17-9-11-18(12-10-17)21(24)23-20-15-13-19(14-16-20)22(2,3)4/h7-16H,5-6H2,1-4H3,(H,23,24)/b8-7+. The van der Waals surface area contributed by atoms with Crippen LogP contribution in [0.2, 0.25) is 0 Å². The third-order valence-corrected chi connectivity index (χ3v) is 3.95. The van der Waals surface area contributed by atoms with Crippen molar-refractivity contribution in [1.29, 1.82) is 0 Å². The van der Waals surface area contributed by atoms with Gasteiger partial charge in [0.2, 0.25) is 0 Å². The minimum Gasteiger partial charge on any atom is -0.322 e. The number of hydrogen-bond acceptors (Lipinski definition) is 1. The average Bonchev–Trinajstić information content (AvgIpc) is 2.55. The summed E-state index contributed by atoms with van der Waals surface area (Å²) in [6.07, 6.45) is 6.47. The molecule has 126 valence electrons. The van der Waals surface area contributed by atoms with E-state index in [4.69, 9.17) is 0 Å². The summed E-state index contributed by atoms with van der Waals surface area (Å²) in [6, 6.07) is 15.7. The Bertz CT molecular complexity index is 688. The molecule has 2 nitrogen and oxygen atoms in total. The Hall–Kier alpha value is -2.35. The molecule has 0 unspecified atom stereocenters. The molecular weight excluding hydrogens is 294 g/mol. The van der Waals surface area contributed by atoms with Crippen LogP contribution in [-0.2, 0) is 5.41 Å². The number of nitrogens with one attached hydrogen (secondary N) is 1. The molecule has 0 aliphatic rings. The Morgan fingerprint density at radius 2 is 1.62 bits per heavy atom. The summed E-state index contributed by atoms with van der Waals surface area (Å²) in [6.45, 7) is 8.69. The lowest BCUT2D eigenvalue weighted by molar-refractivity contribution is 0.102. The second kappa shape index (κ2) is 7.96. The van der Waals surface area contributed by atoms with Crippen LogP contribution in [0.1, 0.15) is 62.0 Å². The molecule has 1 N–H and O–H groups in total. The summed E-state index contributed by atoms with van der Waals surface area (Å²) in [5, 5.41) is 2.95. The van der Waals surface area contributed by atoms with Gasteiger partial charge in [0.25, 0.3) is 5.91 Å².